The van der Waals surface area contributed by atoms with Gasteiger partial charge in [-0.25, -0.2) is 4.79 Å². The van der Waals surface area contributed by atoms with Gasteiger partial charge in [0.05, 0.1) is 12.7 Å². The minimum absolute atomic E-state index is 0.0232. The van der Waals surface area contributed by atoms with Crippen molar-refractivity contribution in [2.45, 2.75) is 97.6 Å². The third-order valence-electron chi connectivity index (χ3n) is 3.19. The molecule has 0 saturated heterocycles. The maximum Gasteiger partial charge on any atom is 0.520 e. The molecule has 0 aliphatic carbocycles. The molecule has 1 unspecified atom stereocenters. The average Bonchev–Trinajstić information content (AvgIpc) is 2.50. The van der Waals surface area contributed by atoms with Crippen molar-refractivity contribution < 1.29 is 41.6 Å². The van der Waals surface area contributed by atoms with Gasteiger partial charge in [0.1, 0.15) is 5.57 Å². The molecular formula is C19H46O9Si5. The van der Waals surface area contributed by atoms with Gasteiger partial charge in [0.2, 0.25) is 16.6 Å². The summed E-state index contributed by atoms with van der Waals surface area (Å²) in [5.74, 6) is -0.846. The average molecular weight is 559 g/mol. The van der Waals surface area contributed by atoms with Crippen molar-refractivity contribution in [1.29, 1.82) is 0 Å². The summed E-state index contributed by atoms with van der Waals surface area (Å²) in [6.07, 6.45) is -1.41. The van der Waals surface area contributed by atoms with Crippen LogP contribution >= 0.6 is 0 Å². The lowest BCUT2D eigenvalue weighted by molar-refractivity contribution is -0.229. The molecule has 0 fully saturated rings. The summed E-state index contributed by atoms with van der Waals surface area (Å²) in [4.78, 5) is 18.4. The number of rotatable bonds is 14. The van der Waals surface area contributed by atoms with E-state index < -0.39 is 60.8 Å². The highest BCUT2D eigenvalue weighted by atomic mass is 28.5. The third-order valence-corrected chi connectivity index (χ3v) is 13.0. The number of aliphatic hydroxyl groups is 2. The van der Waals surface area contributed by atoms with Crippen LogP contribution in [-0.4, -0.2) is 71.0 Å². The van der Waals surface area contributed by atoms with Gasteiger partial charge in [0, 0.05) is 13.0 Å². The highest BCUT2D eigenvalue weighted by molar-refractivity contribution is 6.85. The van der Waals surface area contributed by atoms with E-state index in [1.165, 1.54) is 0 Å². The van der Waals surface area contributed by atoms with Crippen molar-refractivity contribution in [3.05, 3.63) is 11.5 Å². The Balaban J connectivity index is 6.16. The van der Waals surface area contributed by atoms with Gasteiger partial charge in [0.25, 0.3) is 5.95 Å². The molecule has 0 aromatic rings. The van der Waals surface area contributed by atoms with Gasteiger partial charge in [-0.1, -0.05) is 0 Å². The molecule has 2 N–H and O–H groups in total. The van der Waals surface area contributed by atoms with Crippen LogP contribution in [0.4, 0.5) is 0 Å². The molecule has 1 atom stereocenters. The zero-order valence-electron chi connectivity index (χ0n) is 22.7. The number of hydrogen-bond acceptors (Lipinski definition) is 9. The Hall–Kier alpha value is -0.306. The van der Waals surface area contributed by atoms with Crippen LogP contribution in [0.2, 0.25) is 85.1 Å². The number of carbonyl (C=O) groups is 1. The van der Waals surface area contributed by atoms with Crippen LogP contribution < -0.4 is 0 Å². The van der Waals surface area contributed by atoms with E-state index in [0.29, 0.717) is 0 Å². The minimum atomic E-state index is -3.32. The number of aliphatic hydroxyl groups excluding tert-OH is 2. The van der Waals surface area contributed by atoms with Crippen LogP contribution in [-0.2, 0) is 31.3 Å². The Morgan fingerprint density at radius 2 is 1.12 bits per heavy atom. The van der Waals surface area contributed by atoms with Gasteiger partial charge in [0.15, 0.2) is 16.6 Å². The molecule has 0 aromatic carbocycles. The first-order valence-corrected chi connectivity index (χ1v) is 27.0. The summed E-state index contributed by atoms with van der Waals surface area (Å²) < 4.78 is 30.1. The summed E-state index contributed by atoms with van der Waals surface area (Å²) >= 11 is 0. The highest BCUT2D eigenvalue weighted by Crippen LogP contribution is 2.26. The molecule has 0 aromatic heterocycles. The zero-order valence-corrected chi connectivity index (χ0v) is 27.7. The standard InChI is InChI=1S/C19H46O9Si5/c1-29(2,3)24-19(25-30(4,5)6)17(14-16(21)15-20)18(22)23-26-33(13,27-31(7,8)9)28-32(10,11)12/h16,20-21H,14-15H2,1-13H3. The molecule has 33 heavy (non-hydrogen) atoms. The van der Waals surface area contributed by atoms with E-state index in [4.69, 9.17) is 26.5 Å². The second-order valence-corrected chi connectivity index (χ2v) is 32.8. The van der Waals surface area contributed by atoms with E-state index in [9.17, 15) is 15.0 Å². The normalized spacial score (nSPS) is 14.5. The van der Waals surface area contributed by atoms with Crippen LogP contribution in [0, 0.1) is 0 Å². The zero-order chi connectivity index (χ0) is 26.5. The molecule has 196 valence electrons. The summed E-state index contributed by atoms with van der Waals surface area (Å²) in [6, 6.07) is 0. The van der Waals surface area contributed by atoms with E-state index in [2.05, 4.69) is 0 Å². The Bertz CT molecular complexity index is 639. The number of hydrogen-bond donors (Lipinski definition) is 2. The smallest absolute Gasteiger partial charge is 0.520 e. The first kappa shape index (κ1) is 32.7. The van der Waals surface area contributed by atoms with Crippen LogP contribution in [0.1, 0.15) is 6.42 Å². The predicted molar refractivity (Wildman–Crippen MR) is 141 cm³/mol. The molecule has 0 bridgehead atoms. The first-order valence-electron chi connectivity index (χ1n) is 11.2. The van der Waals surface area contributed by atoms with Crippen LogP contribution in [0.25, 0.3) is 0 Å². The molecule has 0 spiro atoms. The quantitative estimate of drug-likeness (QED) is 0.105. The van der Waals surface area contributed by atoms with E-state index in [1.807, 2.05) is 78.6 Å². The number of carbonyl (C=O) groups excluding carboxylic acids is 1. The van der Waals surface area contributed by atoms with Crippen LogP contribution in [0.3, 0.4) is 0 Å². The lowest BCUT2D eigenvalue weighted by Gasteiger charge is -2.35. The van der Waals surface area contributed by atoms with E-state index in [-0.39, 0.29) is 17.9 Å². The third kappa shape index (κ3) is 16.1. The van der Waals surface area contributed by atoms with Gasteiger partial charge in [-0.2, -0.15) is 4.58 Å². The van der Waals surface area contributed by atoms with Crippen LogP contribution in [0.15, 0.2) is 11.5 Å². The molecule has 0 amide bonds. The van der Waals surface area contributed by atoms with Crippen molar-refractivity contribution in [3.63, 3.8) is 0 Å². The second kappa shape index (κ2) is 12.1. The molecule has 0 aliphatic rings. The van der Waals surface area contributed by atoms with Gasteiger partial charge in [-0.05, 0) is 78.6 Å². The molecule has 9 nitrogen and oxygen atoms in total. The lowest BCUT2D eigenvalue weighted by Crippen LogP contribution is -2.55. The SMILES string of the molecule is C[Si](C)(C)OC(O[Si](C)(C)C)=C(CC(O)CO)C(=O)OO[Si](C)(O[Si](C)(C)C)O[Si](C)(C)C. The maximum absolute atomic E-state index is 13.2. The lowest BCUT2D eigenvalue weighted by atomic mass is 10.1. The summed E-state index contributed by atoms with van der Waals surface area (Å²) in [6.45, 7) is 24.9. The van der Waals surface area contributed by atoms with E-state index in [1.54, 1.807) is 6.55 Å². The van der Waals surface area contributed by atoms with Gasteiger partial charge in [-0.3, -0.25) is 4.89 Å². The fourth-order valence-corrected chi connectivity index (χ4v) is 14.0. The van der Waals surface area contributed by atoms with Crippen molar-refractivity contribution in [2.24, 2.45) is 0 Å². The van der Waals surface area contributed by atoms with Crippen molar-refractivity contribution in [1.82, 2.24) is 0 Å². The summed E-state index contributed by atoms with van der Waals surface area (Å²) in [5, 5.41) is 19.5. The largest absolute Gasteiger partial charge is 0.520 e. The molecule has 14 heteroatoms. The minimum Gasteiger partial charge on any atom is -0.520 e. The molecule has 0 heterocycles. The fraction of sp³-hybridized carbons (Fsp3) is 0.842. The Morgan fingerprint density at radius 1 is 0.727 bits per heavy atom. The maximum atomic E-state index is 13.2. The van der Waals surface area contributed by atoms with Crippen molar-refractivity contribution in [2.75, 3.05) is 6.61 Å². The topological polar surface area (TPSA) is 113 Å². The van der Waals surface area contributed by atoms with Gasteiger partial charge >= 0.3 is 14.8 Å². The van der Waals surface area contributed by atoms with Crippen LogP contribution in [0.5, 0.6) is 0 Å². The monoisotopic (exact) mass is 558 g/mol. The second-order valence-electron chi connectivity index (χ2n) is 12.0. The molecule has 0 radical (unpaired) electrons. The van der Waals surface area contributed by atoms with Crippen molar-refractivity contribution in [3.8, 4) is 0 Å². The molecular weight excluding hydrogens is 513 g/mol. The Labute approximate surface area is 205 Å². The predicted octanol–water partition coefficient (Wildman–Crippen LogP) is 4.39. The molecule has 0 saturated carbocycles. The highest BCUT2D eigenvalue weighted by Gasteiger charge is 2.46. The van der Waals surface area contributed by atoms with Gasteiger partial charge < -0.3 is 27.3 Å². The van der Waals surface area contributed by atoms with E-state index >= 15 is 0 Å². The summed E-state index contributed by atoms with van der Waals surface area (Å²) in [5.41, 5.74) is -0.0289. The Kier molecular flexibility index (Phi) is 12.0. The van der Waals surface area contributed by atoms with E-state index in [0.717, 1.165) is 0 Å². The van der Waals surface area contributed by atoms with Crippen molar-refractivity contribution >= 4 is 48.0 Å². The molecule has 0 rings (SSSR count). The Morgan fingerprint density at radius 3 is 1.42 bits per heavy atom. The van der Waals surface area contributed by atoms with Gasteiger partial charge in [-0.15, -0.1) is 0 Å². The fourth-order valence-electron chi connectivity index (χ4n) is 2.58. The molecule has 0 aliphatic heterocycles. The first-order chi connectivity index (χ1) is 14.5. The summed E-state index contributed by atoms with van der Waals surface area (Å²) in [7, 11) is -11.9.